The van der Waals surface area contributed by atoms with Gasteiger partial charge in [0.05, 0.1) is 4.90 Å². The van der Waals surface area contributed by atoms with Gasteiger partial charge < -0.3 is 0 Å². The summed E-state index contributed by atoms with van der Waals surface area (Å²) >= 11 is 0. The van der Waals surface area contributed by atoms with Gasteiger partial charge in [-0.15, -0.1) is 0 Å². The zero-order valence-corrected chi connectivity index (χ0v) is 12.2. The maximum atomic E-state index is 12.9. The minimum Gasteiger partial charge on any atom is -0.300 e. The van der Waals surface area contributed by atoms with Crippen molar-refractivity contribution < 1.29 is 17.6 Å². The average Bonchev–Trinajstić information content (AvgIpc) is 2.39. The van der Waals surface area contributed by atoms with Gasteiger partial charge in [-0.25, -0.2) is 12.8 Å². The van der Waals surface area contributed by atoms with Crippen LogP contribution >= 0.6 is 0 Å². The molecule has 1 unspecified atom stereocenters. The first-order chi connectivity index (χ1) is 9.41. The molecule has 110 valence electrons. The number of sulfonamides is 1. The van der Waals surface area contributed by atoms with Crippen molar-refractivity contribution in [1.29, 1.82) is 0 Å². The van der Waals surface area contributed by atoms with Crippen LogP contribution in [0.1, 0.15) is 32.6 Å². The molecule has 0 aromatic heterocycles. The molecule has 1 aromatic rings. The molecule has 1 heterocycles. The second-order valence-corrected chi connectivity index (χ2v) is 7.02. The van der Waals surface area contributed by atoms with Crippen molar-refractivity contribution in [3.05, 3.63) is 30.1 Å². The fourth-order valence-corrected chi connectivity index (χ4v) is 4.26. The van der Waals surface area contributed by atoms with E-state index in [0.717, 1.165) is 25.0 Å². The van der Waals surface area contributed by atoms with E-state index in [2.05, 4.69) is 0 Å². The molecule has 0 amide bonds. The van der Waals surface area contributed by atoms with Crippen molar-refractivity contribution in [3.8, 4) is 0 Å². The van der Waals surface area contributed by atoms with Gasteiger partial charge in [-0.05, 0) is 44.0 Å². The number of Topliss-reactive ketones (excluding diaryl/α,β-unsaturated/α-hetero) is 1. The Morgan fingerprint density at radius 3 is 2.55 bits per heavy atom. The van der Waals surface area contributed by atoms with Crippen molar-refractivity contribution in [1.82, 2.24) is 4.31 Å². The van der Waals surface area contributed by atoms with E-state index in [4.69, 9.17) is 0 Å². The molecule has 1 aliphatic rings. The van der Waals surface area contributed by atoms with Gasteiger partial charge >= 0.3 is 0 Å². The number of hydrogen-bond acceptors (Lipinski definition) is 3. The van der Waals surface area contributed by atoms with E-state index in [1.807, 2.05) is 0 Å². The van der Waals surface area contributed by atoms with Gasteiger partial charge in [0, 0.05) is 19.0 Å². The molecule has 0 spiro atoms. The summed E-state index contributed by atoms with van der Waals surface area (Å²) in [6.45, 7) is 1.88. The third kappa shape index (κ3) is 3.24. The van der Waals surface area contributed by atoms with Crippen LogP contribution in [-0.4, -0.2) is 31.1 Å². The summed E-state index contributed by atoms with van der Waals surface area (Å²) in [5.74, 6) is -0.487. The molecule has 0 aliphatic carbocycles. The van der Waals surface area contributed by atoms with Crippen LogP contribution in [0.5, 0.6) is 0 Å². The molecule has 6 heteroatoms. The van der Waals surface area contributed by atoms with Gasteiger partial charge in [-0.2, -0.15) is 4.31 Å². The minimum absolute atomic E-state index is 0.0174. The van der Waals surface area contributed by atoms with E-state index in [1.54, 1.807) is 0 Å². The molecular weight excluding hydrogens is 281 g/mol. The van der Waals surface area contributed by atoms with E-state index >= 15 is 0 Å². The van der Waals surface area contributed by atoms with Crippen LogP contribution in [-0.2, 0) is 14.8 Å². The third-order valence-corrected chi connectivity index (χ3v) is 5.48. The number of halogens is 1. The molecule has 0 N–H and O–H groups in total. The van der Waals surface area contributed by atoms with E-state index < -0.39 is 15.8 Å². The van der Waals surface area contributed by atoms with Crippen LogP contribution < -0.4 is 0 Å². The van der Waals surface area contributed by atoms with Crippen LogP contribution in [0, 0.1) is 5.82 Å². The Balaban J connectivity index is 2.30. The van der Waals surface area contributed by atoms with Crippen LogP contribution in [0.2, 0.25) is 0 Å². The van der Waals surface area contributed by atoms with Crippen molar-refractivity contribution in [2.24, 2.45) is 0 Å². The highest BCUT2D eigenvalue weighted by atomic mass is 32.2. The molecule has 20 heavy (non-hydrogen) atoms. The maximum Gasteiger partial charge on any atom is 0.243 e. The van der Waals surface area contributed by atoms with Crippen molar-refractivity contribution in [2.45, 2.75) is 43.5 Å². The van der Waals surface area contributed by atoms with Crippen molar-refractivity contribution >= 4 is 15.8 Å². The summed E-state index contributed by atoms with van der Waals surface area (Å²) in [6.07, 6.45) is 2.64. The zero-order chi connectivity index (χ0) is 14.8. The van der Waals surface area contributed by atoms with Gasteiger partial charge in [0.15, 0.2) is 0 Å². The highest BCUT2D eigenvalue weighted by molar-refractivity contribution is 7.89. The van der Waals surface area contributed by atoms with Gasteiger partial charge in [0.1, 0.15) is 11.6 Å². The molecule has 2 rings (SSSR count). The second kappa shape index (κ2) is 6.01. The minimum atomic E-state index is -3.66. The molecule has 1 saturated heterocycles. The highest BCUT2D eigenvalue weighted by Crippen LogP contribution is 2.27. The molecular formula is C14H18FNO3S. The van der Waals surface area contributed by atoms with Crippen LogP contribution in [0.4, 0.5) is 4.39 Å². The number of benzene rings is 1. The topological polar surface area (TPSA) is 54.5 Å². The highest BCUT2D eigenvalue weighted by Gasteiger charge is 2.33. The lowest BCUT2D eigenvalue weighted by atomic mass is 10.0. The smallest absolute Gasteiger partial charge is 0.243 e. The third-order valence-electron chi connectivity index (χ3n) is 3.52. The second-order valence-electron chi connectivity index (χ2n) is 5.13. The monoisotopic (exact) mass is 299 g/mol. The number of carbonyl (C=O) groups is 1. The van der Waals surface area contributed by atoms with E-state index in [9.17, 15) is 17.6 Å². The lowest BCUT2D eigenvalue weighted by molar-refractivity contribution is -0.118. The Kier molecular flexibility index (Phi) is 4.55. The fourth-order valence-electron chi connectivity index (χ4n) is 2.57. The largest absolute Gasteiger partial charge is 0.300 e. The quantitative estimate of drug-likeness (QED) is 0.857. The summed E-state index contributed by atoms with van der Waals surface area (Å²) in [6, 6.07) is 4.53. The van der Waals surface area contributed by atoms with E-state index in [1.165, 1.54) is 23.4 Å². The van der Waals surface area contributed by atoms with Crippen LogP contribution in [0.25, 0.3) is 0 Å². The molecule has 0 bridgehead atoms. The molecule has 1 atom stereocenters. The summed E-state index contributed by atoms with van der Waals surface area (Å²) in [4.78, 5) is 11.4. The van der Waals surface area contributed by atoms with Gasteiger partial charge in [-0.1, -0.05) is 6.42 Å². The average molecular weight is 299 g/mol. The fraction of sp³-hybridized carbons (Fsp3) is 0.500. The Bertz CT molecular complexity index is 583. The first kappa shape index (κ1) is 15.1. The molecule has 1 aromatic carbocycles. The predicted octanol–water partition coefficient (Wildman–Crippen LogP) is 2.35. The Morgan fingerprint density at radius 1 is 1.30 bits per heavy atom. The lowest BCUT2D eigenvalue weighted by Crippen LogP contribution is -2.44. The van der Waals surface area contributed by atoms with Gasteiger partial charge in [0.25, 0.3) is 0 Å². The summed E-state index contributed by atoms with van der Waals surface area (Å²) in [5.41, 5.74) is 0. The van der Waals surface area contributed by atoms with Gasteiger partial charge in [0.2, 0.25) is 10.0 Å². The molecule has 0 saturated carbocycles. The van der Waals surface area contributed by atoms with Crippen LogP contribution in [0.15, 0.2) is 29.2 Å². The summed E-state index contributed by atoms with van der Waals surface area (Å²) in [5, 5.41) is 0. The normalized spacial score (nSPS) is 20.8. The van der Waals surface area contributed by atoms with E-state index in [0.29, 0.717) is 13.0 Å². The van der Waals surface area contributed by atoms with Crippen molar-refractivity contribution in [3.63, 3.8) is 0 Å². The molecule has 1 fully saturated rings. The number of rotatable bonds is 4. The number of carbonyl (C=O) groups excluding carboxylic acids is 1. The molecule has 1 aliphatic heterocycles. The van der Waals surface area contributed by atoms with Crippen LogP contribution in [0.3, 0.4) is 0 Å². The predicted molar refractivity (Wildman–Crippen MR) is 73.2 cm³/mol. The Labute approximate surface area is 118 Å². The number of ketones is 1. The zero-order valence-electron chi connectivity index (χ0n) is 11.4. The maximum absolute atomic E-state index is 12.9. The first-order valence-corrected chi connectivity index (χ1v) is 8.12. The van der Waals surface area contributed by atoms with Gasteiger partial charge in [-0.3, -0.25) is 4.79 Å². The van der Waals surface area contributed by atoms with Crippen molar-refractivity contribution in [2.75, 3.05) is 6.54 Å². The van der Waals surface area contributed by atoms with E-state index in [-0.39, 0.29) is 23.1 Å². The number of hydrogen-bond donors (Lipinski definition) is 0. The summed E-state index contributed by atoms with van der Waals surface area (Å²) < 4.78 is 39.5. The number of nitrogens with zero attached hydrogens (tertiary/aromatic N) is 1. The Hall–Kier alpha value is -1.27. The first-order valence-electron chi connectivity index (χ1n) is 6.68. The SMILES string of the molecule is CC(=O)CC1CCCCN1S(=O)(=O)c1ccc(F)cc1. The molecule has 0 radical (unpaired) electrons. The lowest BCUT2D eigenvalue weighted by Gasteiger charge is -2.34. The molecule has 4 nitrogen and oxygen atoms in total. The standard InChI is InChI=1S/C14H18FNO3S/c1-11(17)10-13-4-2-3-9-16(13)20(18,19)14-7-5-12(15)6-8-14/h5-8,13H,2-4,9-10H2,1H3. The Morgan fingerprint density at radius 2 is 1.95 bits per heavy atom. The number of piperidine rings is 1. The summed E-state index contributed by atoms with van der Waals surface area (Å²) in [7, 11) is -3.66.